The van der Waals surface area contributed by atoms with Gasteiger partial charge in [-0.3, -0.25) is 0 Å². The highest BCUT2D eigenvalue weighted by atomic mass is 35.5. The summed E-state index contributed by atoms with van der Waals surface area (Å²) in [6, 6.07) is 10.7. The minimum atomic E-state index is 0.312. The minimum Gasteiger partial charge on any atom is -0.368 e. The molecule has 5 fully saturated rings. The third-order valence-corrected chi connectivity index (χ3v) is 9.80. The number of hydrogen-bond acceptors (Lipinski definition) is 7. The van der Waals surface area contributed by atoms with Gasteiger partial charge in [-0.25, -0.2) is 4.98 Å². The van der Waals surface area contributed by atoms with Gasteiger partial charge >= 0.3 is 0 Å². The van der Waals surface area contributed by atoms with Crippen LogP contribution in [-0.4, -0.2) is 42.2 Å². The van der Waals surface area contributed by atoms with Gasteiger partial charge in [-0.1, -0.05) is 29.8 Å². The van der Waals surface area contributed by atoms with Crippen LogP contribution in [0.1, 0.15) is 56.1 Å². The first-order valence-corrected chi connectivity index (χ1v) is 14.4. The first kappa shape index (κ1) is 24.9. The van der Waals surface area contributed by atoms with Gasteiger partial charge in [0, 0.05) is 24.2 Å². The molecule has 1 unspecified atom stereocenters. The van der Waals surface area contributed by atoms with Gasteiger partial charge in [-0.05, 0) is 105 Å². The summed E-state index contributed by atoms with van der Waals surface area (Å²) in [6.45, 7) is 4.95. The Balaban J connectivity index is 1.09. The van der Waals surface area contributed by atoms with Gasteiger partial charge in [0.05, 0.1) is 6.20 Å². The van der Waals surface area contributed by atoms with E-state index in [2.05, 4.69) is 37.3 Å². The smallest absolute Gasteiger partial charge is 0.224 e. The zero-order chi connectivity index (χ0) is 25.2. The van der Waals surface area contributed by atoms with Gasteiger partial charge in [0.15, 0.2) is 0 Å². The summed E-state index contributed by atoms with van der Waals surface area (Å²) >= 11 is 6.30. The molecule has 5 aliphatic rings. The number of nitriles is 1. The molecular weight excluding hydrogens is 482 g/mol. The van der Waals surface area contributed by atoms with Crippen molar-refractivity contribution < 1.29 is 0 Å². The summed E-state index contributed by atoms with van der Waals surface area (Å²) < 4.78 is 0. The molecule has 7 rings (SSSR count). The van der Waals surface area contributed by atoms with Crippen molar-refractivity contribution in [1.29, 1.82) is 5.26 Å². The fraction of sp³-hybridized carbons (Fsp3) is 0.621. The Morgan fingerprint density at radius 1 is 1.08 bits per heavy atom. The van der Waals surface area contributed by atoms with Crippen LogP contribution in [0.3, 0.4) is 0 Å². The maximum absolute atomic E-state index is 9.70. The number of rotatable bonds is 9. The molecule has 0 radical (unpaired) electrons. The normalized spacial score (nSPS) is 30.7. The van der Waals surface area contributed by atoms with E-state index in [1.807, 2.05) is 24.3 Å². The predicted molar refractivity (Wildman–Crippen MR) is 147 cm³/mol. The number of hydrogen-bond donors (Lipinski definition) is 4. The van der Waals surface area contributed by atoms with Crippen molar-refractivity contribution in [2.75, 3.05) is 36.8 Å². The third-order valence-electron chi connectivity index (χ3n) is 9.44. The average Bonchev–Trinajstić information content (AvgIpc) is 2.91. The molecule has 37 heavy (non-hydrogen) atoms. The van der Waals surface area contributed by atoms with E-state index >= 15 is 0 Å². The lowest BCUT2D eigenvalue weighted by Crippen LogP contribution is -2.60. The number of nitrogens with zero attached hydrogens (tertiary/aromatic N) is 3. The Morgan fingerprint density at radius 3 is 2.62 bits per heavy atom. The van der Waals surface area contributed by atoms with E-state index in [-0.39, 0.29) is 0 Å². The number of halogens is 1. The highest BCUT2D eigenvalue weighted by Gasteiger charge is 2.55. The molecule has 1 saturated heterocycles. The molecular formula is C29H38ClN7. The lowest BCUT2D eigenvalue weighted by molar-refractivity contribution is -0.0701. The van der Waals surface area contributed by atoms with Gasteiger partial charge in [-0.15, -0.1) is 0 Å². The fourth-order valence-electron chi connectivity index (χ4n) is 7.90. The molecule has 5 atom stereocenters. The molecule has 1 aromatic carbocycles. The van der Waals surface area contributed by atoms with E-state index in [9.17, 15) is 5.26 Å². The Labute approximate surface area is 225 Å². The van der Waals surface area contributed by atoms with Crippen molar-refractivity contribution in [2.45, 2.75) is 57.5 Å². The number of piperidine rings is 1. The molecule has 2 aromatic rings. The zero-order valence-electron chi connectivity index (χ0n) is 21.5. The monoisotopic (exact) mass is 519 g/mol. The average molecular weight is 520 g/mol. The van der Waals surface area contributed by atoms with Gasteiger partial charge < -0.3 is 21.3 Å². The second-order valence-electron chi connectivity index (χ2n) is 12.0. The van der Waals surface area contributed by atoms with Crippen LogP contribution in [0.5, 0.6) is 0 Å². The molecule has 7 nitrogen and oxygen atoms in total. The van der Waals surface area contributed by atoms with Crippen molar-refractivity contribution in [3.63, 3.8) is 0 Å². The van der Waals surface area contributed by atoms with Crippen LogP contribution in [0, 0.1) is 40.4 Å². The molecule has 2 heterocycles. The van der Waals surface area contributed by atoms with E-state index in [4.69, 9.17) is 11.6 Å². The van der Waals surface area contributed by atoms with E-state index in [1.165, 1.54) is 64.6 Å². The van der Waals surface area contributed by atoms with E-state index < -0.39 is 0 Å². The highest BCUT2D eigenvalue weighted by Crippen LogP contribution is 2.60. The molecule has 4 N–H and O–H groups in total. The Morgan fingerprint density at radius 2 is 1.86 bits per heavy atom. The zero-order valence-corrected chi connectivity index (χ0v) is 22.2. The highest BCUT2D eigenvalue weighted by molar-refractivity contribution is 6.31. The molecule has 4 bridgehead atoms. The van der Waals surface area contributed by atoms with Crippen molar-refractivity contribution in [3.05, 3.63) is 46.6 Å². The topological polar surface area (TPSA) is 97.7 Å². The van der Waals surface area contributed by atoms with Crippen LogP contribution in [0.4, 0.5) is 11.8 Å². The van der Waals surface area contributed by atoms with Crippen molar-refractivity contribution in [1.82, 2.24) is 20.6 Å². The van der Waals surface area contributed by atoms with Crippen LogP contribution in [0.2, 0.25) is 5.02 Å². The summed E-state index contributed by atoms with van der Waals surface area (Å²) in [5, 5.41) is 24.8. The standard InChI is InChI=1S/C29H38ClN7/c30-25-4-2-1-3-21(25)16-34-28-35-17-24(14-31)27(37-28)36-18-29-11-20-9-22(12-29)26(23(10-20)13-29)33-15-19-5-7-32-8-6-19/h1-4,17,19-20,22-23,26,32-33H,5-13,15-16,18H2,(H2,34,35,36,37)/t20?,22-,23+,26+,29-. The number of benzene rings is 1. The van der Waals surface area contributed by atoms with Crippen molar-refractivity contribution in [3.8, 4) is 6.07 Å². The second-order valence-corrected chi connectivity index (χ2v) is 12.4. The molecule has 196 valence electrons. The molecule has 0 amide bonds. The quantitative estimate of drug-likeness (QED) is 0.377. The molecule has 4 saturated carbocycles. The number of anilines is 2. The van der Waals surface area contributed by atoms with Gasteiger partial charge in [0.1, 0.15) is 17.5 Å². The SMILES string of the molecule is N#Cc1cnc(NCc2ccccc2Cl)nc1NC[C@]12CC3C[C@H](C1)[C@H](NCC1CCNCC1)[C@@H](C3)C2. The maximum Gasteiger partial charge on any atom is 0.224 e. The molecule has 1 aromatic heterocycles. The predicted octanol–water partition coefficient (Wildman–Crippen LogP) is 4.81. The summed E-state index contributed by atoms with van der Waals surface area (Å²) in [5.74, 6) is 4.39. The van der Waals surface area contributed by atoms with E-state index in [0.29, 0.717) is 40.4 Å². The van der Waals surface area contributed by atoms with Gasteiger partial charge in [0.2, 0.25) is 5.95 Å². The van der Waals surface area contributed by atoms with Crippen LogP contribution >= 0.6 is 11.6 Å². The Hall–Kier alpha value is -2.40. The first-order valence-electron chi connectivity index (χ1n) is 14.0. The van der Waals surface area contributed by atoms with Crippen LogP contribution < -0.4 is 21.3 Å². The van der Waals surface area contributed by atoms with E-state index in [1.54, 1.807) is 6.20 Å². The summed E-state index contributed by atoms with van der Waals surface area (Å²) in [6.07, 6.45) is 10.9. The second kappa shape index (κ2) is 10.8. The van der Waals surface area contributed by atoms with Crippen molar-refractivity contribution in [2.24, 2.45) is 29.1 Å². The van der Waals surface area contributed by atoms with Crippen LogP contribution in [-0.2, 0) is 6.54 Å². The Kier molecular flexibility index (Phi) is 7.25. The third kappa shape index (κ3) is 5.43. The molecule has 1 aliphatic heterocycles. The van der Waals surface area contributed by atoms with Crippen molar-refractivity contribution >= 4 is 23.4 Å². The summed E-state index contributed by atoms with van der Waals surface area (Å²) in [4.78, 5) is 9.04. The van der Waals surface area contributed by atoms with E-state index in [0.717, 1.165) is 35.8 Å². The van der Waals surface area contributed by atoms with Gasteiger partial charge in [0.25, 0.3) is 0 Å². The Bertz CT molecular complexity index is 1130. The maximum atomic E-state index is 9.70. The molecule has 0 spiro atoms. The molecule has 4 aliphatic carbocycles. The van der Waals surface area contributed by atoms with Crippen LogP contribution in [0.25, 0.3) is 0 Å². The lowest BCUT2D eigenvalue weighted by atomic mass is 9.48. The first-order chi connectivity index (χ1) is 18.1. The van der Waals surface area contributed by atoms with Gasteiger partial charge in [-0.2, -0.15) is 10.2 Å². The number of aromatic nitrogens is 2. The van der Waals surface area contributed by atoms with Crippen LogP contribution in [0.15, 0.2) is 30.5 Å². The largest absolute Gasteiger partial charge is 0.368 e. The number of nitrogens with one attached hydrogen (secondary N) is 4. The lowest BCUT2D eigenvalue weighted by Gasteiger charge is -2.60. The summed E-state index contributed by atoms with van der Waals surface area (Å²) in [5.41, 5.74) is 1.80. The fourth-order valence-corrected chi connectivity index (χ4v) is 8.10. The minimum absolute atomic E-state index is 0.312. The summed E-state index contributed by atoms with van der Waals surface area (Å²) in [7, 11) is 0. The molecule has 8 heteroatoms.